The first-order valence-corrected chi connectivity index (χ1v) is 11.4. The number of aryl methyl sites for hydroxylation is 1. The van der Waals surface area contributed by atoms with Crippen LogP contribution in [0.25, 0.3) is 0 Å². The zero-order valence-corrected chi connectivity index (χ0v) is 19.4. The number of aromatic nitrogens is 2. The van der Waals surface area contributed by atoms with E-state index >= 15 is 0 Å². The number of benzene rings is 3. The van der Waals surface area contributed by atoms with Gasteiger partial charge in [0.15, 0.2) is 0 Å². The lowest BCUT2D eigenvalue weighted by molar-refractivity contribution is -0.694. The van der Waals surface area contributed by atoms with Gasteiger partial charge in [0.1, 0.15) is 30.6 Å². The summed E-state index contributed by atoms with van der Waals surface area (Å²) in [6.45, 7) is 3.47. The van der Waals surface area contributed by atoms with E-state index in [0.717, 1.165) is 36.6 Å². The lowest BCUT2D eigenvalue weighted by Crippen LogP contribution is -2.39. The highest BCUT2D eigenvalue weighted by Gasteiger charge is 2.41. The molecule has 0 saturated heterocycles. The maximum absolute atomic E-state index is 13.4. The van der Waals surface area contributed by atoms with Crippen LogP contribution in [0, 0.1) is 18.6 Å². The van der Waals surface area contributed by atoms with Gasteiger partial charge in [0, 0.05) is 13.3 Å². The highest BCUT2D eigenvalue weighted by molar-refractivity contribution is 5.85. The third kappa shape index (κ3) is 5.46. The summed E-state index contributed by atoms with van der Waals surface area (Å²) in [7, 11) is 0. The number of aliphatic hydroxyl groups is 1. The Balaban J connectivity index is 1.41. The number of carbonyl (C=O) groups excluding carboxylic acids is 1. The van der Waals surface area contributed by atoms with Crippen molar-refractivity contribution in [1.29, 1.82) is 0 Å². The van der Waals surface area contributed by atoms with E-state index in [9.17, 15) is 18.7 Å². The van der Waals surface area contributed by atoms with Crippen LogP contribution in [0.4, 0.5) is 8.78 Å². The molecular formula is C28H27F2N2O3+. The van der Waals surface area contributed by atoms with Gasteiger partial charge in [-0.2, -0.15) is 0 Å². The Kier molecular flexibility index (Phi) is 7.36. The van der Waals surface area contributed by atoms with Crippen molar-refractivity contribution in [2.75, 3.05) is 6.61 Å². The van der Waals surface area contributed by atoms with Crippen molar-refractivity contribution >= 4 is 5.97 Å². The molecule has 0 amide bonds. The minimum atomic E-state index is -2.19. The first kappa shape index (κ1) is 24.3. The highest BCUT2D eigenvalue weighted by atomic mass is 19.1. The summed E-state index contributed by atoms with van der Waals surface area (Å²) in [5.41, 5.74) is -0.714. The number of nitrogens with zero attached hydrogens (tertiary/aromatic N) is 2. The molecule has 35 heavy (non-hydrogen) atoms. The lowest BCUT2D eigenvalue weighted by Gasteiger charge is -2.27. The van der Waals surface area contributed by atoms with E-state index in [4.69, 9.17) is 4.74 Å². The van der Waals surface area contributed by atoms with Crippen LogP contribution in [0.2, 0.25) is 0 Å². The van der Waals surface area contributed by atoms with E-state index in [1.807, 2.05) is 37.5 Å². The summed E-state index contributed by atoms with van der Waals surface area (Å²) >= 11 is 0. The van der Waals surface area contributed by atoms with E-state index < -0.39 is 23.2 Å². The van der Waals surface area contributed by atoms with Gasteiger partial charge >= 0.3 is 5.97 Å². The molecule has 4 aromatic rings. The summed E-state index contributed by atoms with van der Waals surface area (Å²) in [5, 5.41) is 11.4. The molecule has 0 aliphatic heterocycles. The minimum Gasteiger partial charge on any atom is -0.463 e. The predicted octanol–water partition coefficient (Wildman–Crippen LogP) is 4.28. The molecule has 1 heterocycles. The van der Waals surface area contributed by atoms with Gasteiger partial charge in [0.25, 0.3) is 5.82 Å². The van der Waals surface area contributed by atoms with Gasteiger partial charge < -0.3 is 9.84 Å². The van der Waals surface area contributed by atoms with Crippen molar-refractivity contribution in [2.45, 2.75) is 32.0 Å². The van der Waals surface area contributed by atoms with Crippen LogP contribution in [0.15, 0.2) is 91.3 Å². The molecule has 0 aliphatic carbocycles. The molecule has 4 rings (SSSR count). The molecule has 180 valence electrons. The zero-order chi connectivity index (χ0) is 24.8. The average Bonchev–Trinajstić information content (AvgIpc) is 3.21. The molecule has 0 aliphatic rings. The van der Waals surface area contributed by atoms with Gasteiger partial charge in [-0.3, -0.25) is 0 Å². The summed E-state index contributed by atoms with van der Waals surface area (Å²) in [6, 6.07) is 20.0. The van der Waals surface area contributed by atoms with Crippen molar-refractivity contribution < 1.29 is 28.0 Å². The first-order valence-electron chi connectivity index (χ1n) is 11.4. The van der Waals surface area contributed by atoms with Crippen molar-refractivity contribution in [3.63, 3.8) is 0 Å². The van der Waals surface area contributed by atoms with E-state index in [1.54, 1.807) is 0 Å². The second kappa shape index (κ2) is 10.6. The normalized spacial score (nSPS) is 11.4. The molecule has 1 aromatic heterocycles. The van der Waals surface area contributed by atoms with Gasteiger partial charge in [-0.1, -0.05) is 54.6 Å². The average molecular weight is 478 g/mol. The molecule has 0 bridgehead atoms. The fraction of sp³-hybridized carbons (Fsp3) is 0.214. The third-order valence-electron chi connectivity index (χ3n) is 6.05. The quantitative estimate of drug-likeness (QED) is 0.222. The van der Waals surface area contributed by atoms with Gasteiger partial charge in [0.05, 0.1) is 13.2 Å². The molecule has 0 radical (unpaired) electrons. The van der Waals surface area contributed by atoms with Crippen molar-refractivity contribution in [2.24, 2.45) is 0 Å². The maximum atomic E-state index is 13.4. The summed E-state index contributed by atoms with van der Waals surface area (Å²) < 4.78 is 36.6. The fourth-order valence-corrected chi connectivity index (χ4v) is 4.01. The van der Waals surface area contributed by atoms with Gasteiger partial charge in [-0.25, -0.2) is 22.7 Å². The largest absolute Gasteiger partial charge is 0.463 e. The molecule has 5 nitrogen and oxygen atoms in total. The van der Waals surface area contributed by atoms with Crippen LogP contribution >= 0.6 is 0 Å². The molecule has 7 heteroatoms. The van der Waals surface area contributed by atoms with E-state index in [1.165, 1.54) is 29.8 Å². The minimum absolute atomic E-state index is 0.0693. The number of hydrogen-bond acceptors (Lipinski definition) is 3. The van der Waals surface area contributed by atoms with Crippen molar-refractivity contribution in [3.05, 3.63) is 125 Å². The molecule has 3 aromatic carbocycles. The Morgan fingerprint density at radius 1 is 0.943 bits per heavy atom. The maximum Gasteiger partial charge on any atom is 0.347 e. The van der Waals surface area contributed by atoms with Crippen molar-refractivity contribution in [3.8, 4) is 0 Å². The Bertz CT molecular complexity index is 1220. The number of ether oxygens (including phenoxy) is 1. The van der Waals surface area contributed by atoms with Gasteiger partial charge in [-0.15, -0.1) is 0 Å². The van der Waals surface area contributed by atoms with Gasteiger partial charge in [0.2, 0.25) is 5.60 Å². The molecular weight excluding hydrogens is 450 g/mol. The number of rotatable bonds is 9. The lowest BCUT2D eigenvalue weighted by atomic mass is 9.86. The topological polar surface area (TPSA) is 55.3 Å². The third-order valence-corrected chi connectivity index (χ3v) is 6.05. The number of esters is 1. The number of hydrogen-bond donors (Lipinski definition) is 1. The Labute approximate surface area is 202 Å². The van der Waals surface area contributed by atoms with E-state index in [2.05, 4.69) is 21.3 Å². The Hall–Kier alpha value is -3.84. The van der Waals surface area contributed by atoms with Crippen LogP contribution in [-0.2, 0) is 28.2 Å². The van der Waals surface area contributed by atoms with Crippen LogP contribution in [0.3, 0.4) is 0 Å². The fourth-order valence-electron chi connectivity index (χ4n) is 4.01. The summed E-state index contributed by atoms with van der Waals surface area (Å²) in [4.78, 5) is 13.1. The summed E-state index contributed by atoms with van der Waals surface area (Å²) in [6.07, 6.45) is 4.51. The molecule has 0 spiro atoms. The number of carbonyl (C=O) groups is 1. The van der Waals surface area contributed by atoms with Crippen LogP contribution in [0.1, 0.15) is 28.9 Å². The monoisotopic (exact) mass is 477 g/mol. The van der Waals surface area contributed by atoms with Gasteiger partial charge in [-0.05, 0) is 41.0 Å². The van der Waals surface area contributed by atoms with Crippen molar-refractivity contribution in [1.82, 2.24) is 4.57 Å². The van der Waals surface area contributed by atoms with Crippen LogP contribution in [-0.4, -0.2) is 22.2 Å². The number of imidazole rings is 1. The molecule has 0 saturated carbocycles. The summed E-state index contributed by atoms with van der Waals surface area (Å²) in [5.74, 6) is -0.848. The van der Waals surface area contributed by atoms with E-state index in [0.29, 0.717) is 13.0 Å². The smallest absolute Gasteiger partial charge is 0.347 e. The Morgan fingerprint density at radius 2 is 1.51 bits per heavy atom. The highest BCUT2D eigenvalue weighted by Crippen LogP contribution is 2.31. The molecule has 1 N–H and O–H groups in total. The molecule has 0 unspecified atom stereocenters. The number of halogens is 2. The van der Waals surface area contributed by atoms with E-state index in [-0.39, 0.29) is 17.7 Å². The van der Waals surface area contributed by atoms with Crippen LogP contribution < -0.4 is 4.57 Å². The SMILES string of the molecule is Cc1n(CCCOC(=O)C(O)(c2ccc(F)cc2)c2ccc(F)cc2)cc[n+]1Cc1ccccc1. The predicted molar refractivity (Wildman–Crippen MR) is 126 cm³/mol. The standard InChI is InChI=1S/C28H27F2N2O3/c1-21-31(17-18-32(21)20-22-6-3-2-4-7-22)16-5-19-35-27(33)28(34,23-8-12-25(29)13-9-23)24-10-14-26(30)15-11-24/h2-4,6-15,17-18,34H,5,16,19-20H2,1H3/q+1. The zero-order valence-electron chi connectivity index (χ0n) is 19.4. The second-order valence-corrected chi connectivity index (χ2v) is 8.37. The first-order chi connectivity index (χ1) is 16.9. The molecule has 0 fully saturated rings. The Morgan fingerprint density at radius 3 is 2.09 bits per heavy atom. The second-order valence-electron chi connectivity index (χ2n) is 8.37. The molecule has 0 atom stereocenters. The van der Waals surface area contributed by atoms with Crippen LogP contribution in [0.5, 0.6) is 0 Å².